The zero-order chi connectivity index (χ0) is 22.3. The Labute approximate surface area is 191 Å². The Morgan fingerprint density at radius 1 is 1.13 bits per heavy atom. The Hall–Kier alpha value is -2.27. The molecular formula is C21H24N4O3S3. The lowest BCUT2D eigenvalue weighted by atomic mass is 10.2. The Morgan fingerprint density at radius 3 is 2.45 bits per heavy atom. The summed E-state index contributed by atoms with van der Waals surface area (Å²) in [7, 11) is -1.87. The third-order valence-corrected chi connectivity index (χ3v) is 7.60. The molecule has 1 aromatic heterocycles. The van der Waals surface area contributed by atoms with E-state index >= 15 is 0 Å². The van der Waals surface area contributed by atoms with Crippen LogP contribution in [0.5, 0.6) is 0 Å². The van der Waals surface area contributed by atoms with Crippen LogP contribution in [0.15, 0.2) is 81.9 Å². The number of aromatic nitrogens is 2. The second-order valence-electron chi connectivity index (χ2n) is 6.70. The van der Waals surface area contributed by atoms with Crippen molar-refractivity contribution in [1.29, 1.82) is 0 Å². The molecule has 1 unspecified atom stereocenters. The summed E-state index contributed by atoms with van der Waals surface area (Å²) in [5.74, 6) is 0.257. The summed E-state index contributed by atoms with van der Waals surface area (Å²) in [5.41, 5.74) is 0.599. The fourth-order valence-electron chi connectivity index (χ4n) is 2.73. The largest absolute Gasteiger partial charge is 0.329 e. The molecule has 0 bridgehead atoms. The van der Waals surface area contributed by atoms with Crippen LogP contribution in [0.1, 0.15) is 6.42 Å². The lowest BCUT2D eigenvalue weighted by Gasteiger charge is -2.18. The van der Waals surface area contributed by atoms with E-state index in [-0.39, 0.29) is 4.90 Å². The van der Waals surface area contributed by atoms with Crippen LogP contribution in [-0.4, -0.2) is 41.9 Å². The predicted octanol–water partition coefficient (Wildman–Crippen LogP) is 3.61. The Morgan fingerprint density at radius 2 is 1.84 bits per heavy atom. The number of hydrogen-bond donors (Lipinski definition) is 2. The standard InChI is InChI=1S/C21H24N4O3S3/c1-25-14-13-22-21(25)30-17-10-8-16(9-11-17)23-20(26)19(12-15-29-2)24-31(27,28)18-6-4-3-5-7-18/h3-11,13-14,19,24H,12,15H2,1-2H3,(H,23,26). The first-order valence-electron chi connectivity index (χ1n) is 9.51. The minimum absolute atomic E-state index is 0.132. The summed E-state index contributed by atoms with van der Waals surface area (Å²) >= 11 is 3.07. The molecule has 0 saturated carbocycles. The van der Waals surface area contributed by atoms with E-state index in [4.69, 9.17) is 0 Å². The number of carbonyl (C=O) groups excluding carboxylic acids is 1. The van der Waals surface area contributed by atoms with Crippen LogP contribution in [0.2, 0.25) is 0 Å². The van der Waals surface area contributed by atoms with Gasteiger partial charge in [-0.25, -0.2) is 13.4 Å². The normalized spacial score (nSPS) is 12.5. The number of nitrogens with zero attached hydrogens (tertiary/aromatic N) is 2. The van der Waals surface area contributed by atoms with Gasteiger partial charge >= 0.3 is 0 Å². The molecule has 1 atom stereocenters. The van der Waals surface area contributed by atoms with E-state index in [1.165, 1.54) is 23.9 Å². The zero-order valence-corrected chi connectivity index (χ0v) is 19.6. The Bertz CT molecular complexity index is 1100. The molecule has 0 aliphatic carbocycles. The third-order valence-electron chi connectivity index (χ3n) is 4.39. The molecule has 0 spiro atoms. The minimum atomic E-state index is -3.80. The number of nitrogens with one attached hydrogen (secondary N) is 2. The summed E-state index contributed by atoms with van der Waals surface area (Å²) < 4.78 is 29.8. The minimum Gasteiger partial charge on any atom is -0.329 e. The number of amides is 1. The van der Waals surface area contributed by atoms with Gasteiger partial charge in [-0.1, -0.05) is 30.0 Å². The average Bonchev–Trinajstić information content (AvgIpc) is 3.17. The highest BCUT2D eigenvalue weighted by Gasteiger charge is 2.25. The highest BCUT2D eigenvalue weighted by Crippen LogP contribution is 2.26. The first kappa shape index (κ1) is 23.4. The highest BCUT2D eigenvalue weighted by atomic mass is 32.2. The lowest BCUT2D eigenvalue weighted by molar-refractivity contribution is -0.117. The van der Waals surface area contributed by atoms with Crippen molar-refractivity contribution < 1.29 is 13.2 Å². The van der Waals surface area contributed by atoms with E-state index in [9.17, 15) is 13.2 Å². The van der Waals surface area contributed by atoms with Crippen LogP contribution in [0.3, 0.4) is 0 Å². The molecule has 1 amide bonds. The summed E-state index contributed by atoms with van der Waals surface area (Å²) in [5, 5.41) is 3.68. The average molecular weight is 477 g/mol. The van der Waals surface area contributed by atoms with Crippen LogP contribution in [0, 0.1) is 0 Å². The Kier molecular flexibility index (Phi) is 8.19. The molecule has 0 saturated heterocycles. The molecule has 31 heavy (non-hydrogen) atoms. The van der Waals surface area contributed by atoms with Gasteiger partial charge < -0.3 is 9.88 Å². The molecule has 2 aromatic carbocycles. The molecule has 3 aromatic rings. The van der Waals surface area contributed by atoms with Crippen LogP contribution in [0.25, 0.3) is 0 Å². The molecule has 0 aliphatic heterocycles. The maximum atomic E-state index is 12.8. The topological polar surface area (TPSA) is 93.1 Å². The van der Waals surface area contributed by atoms with Crippen LogP contribution < -0.4 is 10.0 Å². The summed E-state index contributed by atoms with van der Waals surface area (Å²) in [6, 6.07) is 14.5. The molecule has 10 heteroatoms. The van der Waals surface area contributed by atoms with Gasteiger partial charge in [0.2, 0.25) is 15.9 Å². The Balaban J connectivity index is 1.68. The summed E-state index contributed by atoms with van der Waals surface area (Å²) in [4.78, 5) is 18.2. The molecule has 0 radical (unpaired) electrons. The maximum Gasteiger partial charge on any atom is 0.242 e. The van der Waals surface area contributed by atoms with Gasteiger partial charge in [-0.3, -0.25) is 4.79 Å². The number of aryl methyl sites for hydroxylation is 1. The summed E-state index contributed by atoms with van der Waals surface area (Å²) in [6.07, 6.45) is 5.91. The van der Waals surface area contributed by atoms with E-state index in [2.05, 4.69) is 15.0 Å². The smallest absolute Gasteiger partial charge is 0.242 e. The molecule has 2 N–H and O–H groups in total. The predicted molar refractivity (Wildman–Crippen MR) is 126 cm³/mol. The molecule has 0 fully saturated rings. The van der Waals surface area contributed by atoms with Gasteiger partial charge in [0, 0.05) is 30.0 Å². The fraction of sp³-hybridized carbons (Fsp3) is 0.238. The third kappa shape index (κ3) is 6.60. The van der Waals surface area contributed by atoms with Gasteiger partial charge in [-0.2, -0.15) is 16.5 Å². The van der Waals surface area contributed by atoms with Gasteiger partial charge in [0.1, 0.15) is 6.04 Å². The van der Waals surface area contributed by atoms with Crippen LogP contribution >= 0.6 is 23.5 Å². The van der Waals surface area contributed by atoms with Crippen LogP contribution in [0.4, 0.5) is 5.69 Å². The van der Waals surface area contributed by atoms with Crippen molar-refractivity contribution in [1.82, 2.24) is 14.3 Å². The molecule has 3 rings (SSSR count). The van der Waals surface area contributed by atoms with Gasteiger partial charge in [-0.15, -0.1) is 0 Å². The number of rotatable bonds is 10. The van der Waals surface area contributed by atoms with Crippen molar-refractivity contribution >= 4 is 45.1 Å². The molecule has 0 aliphatic rings. The van der Waals surface area contributed by atoms with E-state index in [0.29, 0.717) is 17.9 Å². The summed E-state index contributed by atoms with van der Waals surface area (Å²) in [6.45, 7) is 0. The van der Waals surface area contributed by atoms with Crippen LogP contribution in [-0.2, 0) is 21.9 Å². The number of sulfonamides is 1. The van der Waals surface area contributed by atoms with Crippen molar-refractivity contribution in [3.8, 4) is 0 Å². The second kappa shape index (κ2) is 10.9. The zero-order valence-electron chi connectivity index (χ0n) is 17.2. The van der Waals surface area contributed by atoms with E-state index in [0.717, 1.165) is 10.1 Å². The number of imidazole rings is 1. The van der Waals surface area contributed by atoms with Gasteiger partial charge in [0.05, 0.1) is 4.90 Å². The van der Waals surface area contributed by atoms with Crippen molar-refractivity contribution in [2.75, 3.05) is 17.3 Å². The van der Waals surface area contributed by atoms with E-state index in [1.54, 1.807) is 48.3 Å². The maximum absolute atomic E-state index is 12.8. The number of benzene rings is 2. The SMILES string of the molecule is CSCCC(NS(=O)(=O)c1ccccc1)C(=O)Nc1ccc(Sc2nccn2C)cc1. The van der Waals surface area contributed by atoms with E-state index < -0.39 is 22.0 Å². The first-order chi connectivity index (χ1) is 14.9. The number of thioether (sulfide) groups is 1. The highest BCUT2D eigenvalue weighted by molar-refractivity contribution is 7.99. The van der Waals surface area contributed by atoms with Crippen molar-refractivity contribution in [2.24, 2.45) is 7.05 Å². The number of anilines is 1. The first-order valence-corrected chi connectivity index (χ1v) is 13.2. The van der Waals surface area contributed by atoms with Crippen molar-refractivity contribution in [3.63, 3.8) is 0 Å². The van der Waals surface area contributed by atoms with Crippen molar-refractivity contribution in [2.45, 2.75) is 27.4 Å². The van der Waals surface area contributed by atoms with E-state index in [1.807, 2.05) is 36.2 Å². The number of carbonyl (C=O) groups is 1. The van der Waals surface area contributed by atoms with Gasteiger partial charge in [0.15, 0.2) is 5.16 Å². The fourth-order valence-corrected chi connectivity index (χ4v) is 5.25. The molecule has 1 heterocycles. The lowest BCUT2D eigenvalue weighted by Crippen LogP contribution is -2.44. The van der Waals surface area contributed by atoms with Gasteiger partial charge in [0.25, 0.3) is 0 Å². The second-order valence-corrected chi connectivity index (χ2v) is 10.4. The monoisotopic (exact) mass is 476 g/mol. The van der Waals surface area contributed by atoms with Gasteiger partial charge in [-0.05, 0) is 54.8 Å². The molecule has 7 nitrogen and oxygen atoms in total. The number of hydrogen-bond acceptors (Lipinski definition) is 6. The molecule has 164 valence electrons. The quantitative estimate of drug-likeness (QED) is 0.464. The van der Waals surface area contributed by atoms with Crippen molar-refractivity contribution in [3.05, 3.63) is 67.0 Å². The molecular weight excluding hydrogens is 452 g/mol.